The fourth-order valence-electron chi connectivity index (χ4n) is 2.04. The van der Waals surface area contributed by atoms with Crippen LogP contribution in [0.2, 0.25) is 0 Å². The zero-order valence-electron chi connectivity index (χ0n) is 12.0. The Morgan fingerprint density at radius 1 is 1.13 bits per heavy atom. The average molecular weight is 307 g/mol. The van der Waals surface area contributed by atoms with Crippen LogP contribution in [-0.4, -0.2) is 12.1 Å². The largest absolute Gasteiger partial charge is 0.463 e. The number of hydrazone groups is 1. The first-order valence-corrected chi connectivity index (χ1v) is 6.84. The van der Waals surface area contributed by atoms with Gasteiger partial charge in [-0.2, -0.15) is 5.10 Å². The highest BCUT2D eigenvalue weighted by atomic mass is 16.3. The van der Waals surface area contributed by atoms with Gasteiger partial charge < -0.3 is 10.2 Å². The number of nitrogens with zero attached hydrogens (tertiary/aromatic N) is 1. The minimum atomic E-state index is -0.397. The molecule has 3 aromatic rings. The highest BCUT2D eigenvalue weighted by Crippen LogP contribution is 2.09. The zero-order chi connectivity index (χ0) is 16.2. The normalized spacial score (nSPS) is 11.0. The Bertz CT molecular complexity index is 943. The molecular weight excluding hydrogens is 294 g/mol. The van der Waals surface area contributed by atoms with Crippen molar-refractivity contribution in [1.82, 2.24) is 5.43 Å². The van der Waals surface area contributed by atoms with Gasteiger partial charge in [0.1, 0.15) is 11.8 Å². The monoisotopic (exact) mass is 307 g/mol. The van der Waals surface area contributed by atoms with Crippen LogP contribution in [0.3, 0.4) is 0 Å². The molecule has 114 valence electrons. The highest BCUT2D eigenvalue weighted by molar-refractivity contribution is 5.95. The summed E-state index contributed by atoms with van der Waals surface area (Å²) in [6, 6.07) is 13.3. The minimum Gasteiger partial charge on any atom is -0.463 e. The number of anilines is 1. The molecule has 0 radical (unpaired) electrons. The lowest BCUT2D eigenvalue weighted by atomic mass is 10.2. The van der Waals surface area contributed by atoms with Crippen molar-refractivity contribution in [2.45, 2.75) is 0 Å². The first-order chi connectivity index (χ1) is 11.1. The predicted molar refractivity (Wildman–Crippen MR) is 88.4 cm³/mol. The van der Waals surface area contributed by atoms with E-state index in [1.807, 2.05) is 0 Å². The third kappa shape index (κ3) is 3.11. The zero-order valence-corrected chi connectivity index (χ0v) is 12.0. The molecule has 1 aromatic heterocycles. The second-order valence-electron chi connectivity index (χ2n) is 4.84. The van der Waals surface area contributed by atoms with Crippen LogP contribution in [0.5, 0.6) is 0 Å². The molecule has 1 heterocycles. The molecule has 0 unspecified atom stereocenters. The summed E-state index contributed by atoms with van der Waals surface area (Å²) in [5.41, 5.74) is 9.44. The van der Waals surface area contributed by atoms with Gasteiger partial charge in [-0.1, -0.05) is 12.1 Å². The van der Waals surface area contributed by atoms with Crippen molar-refractivity contribution in [3.63, 3.8) is 0 Å². The van der Waals surface area contributed by atoms with Crippen molar-refractivity contribution in [3.05, 3.63) is 76.1 Å². The summed E-state index contributed by atoms with van der Waals surface area (Å²) < 4.78 is 5.36. The van der Waals surface area contributed by atoms with Crippen molar-refractivity contribution < 1.29 is 9.21 Å². The molecule has 0 saturated carbocycles. The van der Waals surface area contributed by atoms with Gasteiger partial charge in [-0.3, -0.25) is 9.59 Å². The highest BCUT2D eigenvalue weighted by Gasteiger charge is 2.05. The Kier molecular flexibility index (Phi) is 3.88. The summed E-state index contributed by atoms with van der Waals surface area (Å²) in [6.07, 6.45) is 2.57. The number of benzene rings is 2. The Hall–Kier alpha value is -3.41. The molecule has 0 fully saturated rings. The summed E-state index contributed by atoms with van der Waals surface area (Å²) in [6.45, 7) is 0. The molecule has 0 bridgehead atoms. The molecule has 0 saturated heterocycles. The van der Waals surface area contributed by atoms with Crippen LogP contribution in [0, 0.1) is 0 Å². The minimum absolute atomic E-state index is 0.211. The number of hydrogen-bond donors (Lipinski definition) is 2. The Morgan fingerprint density at radius 2 is 1.87 bits per heavy atom. The van der Waals surface area contributed by atoms with E-state index in [0.717, 1.165) is 0 Å². The number of carbonyl (C=O) groups excluding carboxylic acids is 1. The topological polar surface area (TPSA) is 97.7 Å². The second kappa shape index (κ2) is 6.15. The lowest BCUT2D eigenvalue weighted by molar-refractivity contribution is 0.0955. The summed E-state index contributed by atoms with van der Waals surface area (Å²) in [7, 11) is 0. The van der Waals surface area contributed by atoms with Crippen molar-refractivity contribution in [1.29, 1.82) is 0 Å². The van der Waals surface area contributed by atoms with Crippen LogP contribution in [0.15, 0.2) is 69.1 Å². The number of nitrogens with one attached hydrogen (secondary N) is 1. The van der Waals surface area contributed by atoms with Crippen molar-refractivity contribution in [3.8, 4) is 0 Å². The van der Waals surface area contributed by atoms with E-state index in [4.69, 9.17) is 10.2 Å². The van der Waals surface area contributed by atoms with Gasteiger partial charge in [0.05, 0.1) is 17.2 Å². The molecule has 3 N–H and O–H groups in total. The molecule has 3 rings (SSSR count). The van der Waals surface area contributed by atoms with Gasteiger partial charge in [0.15, 0.2) is 0 Å². The number of rotatable bonds is 3. The van der Waals surface area contributed by atoms with Crippen molar-refractivity contribution in [2.75, 3.05) is 5.73 Å². The number of para-hydroxylation sites is 1. The van der Waals surface area contributed by atoms with E-state index in [9.17, 15) is 9.59 Å². The maximum Gasteiger partial charge on any atom is 0.271 e. The fourth-order valence-corrected chi connectivity index (χ4v) is 2.04. The van der Waals surface area contributed by atoms with Gasteiger partial charge in [-0.05, 0) is 36.4 Å². The van der Waals surface area contributed by atoms with Gasteiger partial charge in [0.2, 0.25) is 5.43 Å². The SMILES string of the molecule is Nc1ccc(C(=O)N/N=C/c2coc3ccccc3c2=O)cc1. The van der Waals surface area contributed by atoms with Crippen LogP contribution in [-0.2, 0) is 0 Å². The van der Waals surface area contributed by atoms with E-state index < -0.39 is 5.91 Å². The molecular formula is C17H13N3O3. The van der Waals surface area contributed by atoms with Crippen LogP contribution in [0.25, 0.3) is 11.0 Å². The first kappa shape index (κ1) is 14.5. The quantitative estimate of drug-likeness (QED) is 0.440. The Labute approximate surface area is 131 Å². The maximum absolute atomic E-state index is 12.2. The predicted octanol–water partition coefficient (Wildman–Crippen LogP) is 2.14. The number of carbonyl (C=O) groups is 1. The van der Waals surface area contributed by atoms with E-state index in [2.05, 4.69) is 10.5 Å². The number of nitrogen functional groups attached to an aromatic ring is 1. The van der Waals surface area contributed by atoms with Crippen LogP contribution in [0.4, 0.5) is 5.69 Å². The Balaban J connectivity index is 1.78. The smallest absolute Gasteiger partial charge is 0.271 e. The second-order valence-corrected chi connectivity index (χ2v) is 4.84. The molecule has 0 aliphatic rings. The van der Waals surface area contributed by atoms with E-state index in [1.54, 1.807) is 48.5 Å². The molecule has 0 aliphatic heterocycles. The third-order valence-electron chi connectivity index (χ3n) is 3.25. The number of nitrogens with two attached hydrogens (primary N) is 1. The lowest BCUT2D eigenvalue weighted by Gasteiger charge is -2.00. The van der Waals surface area contributed by atoms with E-state index in [0.29, 0.717) is 22.2 Å². The van der Waals surface area contributed by atoms with Crippen molar-refractivity contribution in [2.24, 2.45) is 5.10 Å². The van der Waals surface area contributed by atoms with Crippen molar-refractivity contribution >= 4 is 28.8 Å². The average Bonchev–Trinajstić information content (AvgIpc) is 2.57. The van der Waals surface area contributed by atoms with Crippen LogP contribution < -0.4 is 16.6 Å². The van der Waals surface area contributed by atoms with Gasteiger partial charge in [0, 0.05) is 11.3 Å². The van der Waals surface area contributed by atoms with Gasteiger partial charge in [-0.25, -0.2) is 5.43 Å². The molecule has 6 heteroatoms. The van der Waals surface area contributed by atoms with Crippen LogP contribution >= 0.6 is 0 Å². The van der Waals surface area contributed by atoms with Gasteiger partial charge in [-0.15, -0.1) is 0 Å². The number of hydrogen-bond acceptors (Lipinski definition) is 5. The third-order valence-corrected chi connectivity index (χ3v) is 3.25. The molecule has 0 aliphatic carbocycles. The summed E-state index contributed by atoms with van der Waals surface area (Å²) in [5, 5.41) is 4.25. The molecule has 2 aromatic carbocycles. The van der Waals surface area contributed by atoms with E-state index in [1.165, 1.54) is 12.5 Å². The molecule has 23 heavy (non-hydrogen) atoms. The first-order valence-electron chi connectivity index (χ1n) is 6.84. The molecule has 1 amide bonds. The molecule has 6 nitrogen and oxygen atoms in total. The standard InChI is InChI=1S/C17H13N3O3/c18-13-7-5-11(6-8-13)17(22)20-19-9-12-10-23-15-4-2-1-3-14(15)16(12)21/h1-10H,18H2,(H,20,22)/b19-9+. The maximum atomic E-state index is 12.2. The number of amides is 1. The summed E-state index contributed by atoms with van der Waals surface area (Å²) >= 11 is 0. The van der Waals surface area contributed by atoms with E-state index in [-0.39, 0.29) is 11.0 Å². The van der Waals surface area contributed by atoms with Gasteiger partial charge in [0.25, 0.3) is 5.91 Å². The number of fused-ring (bicyclic) bond motifs is 1. The summed E-state index contributed by atoms with van der Waals surface area (Å²) in [5.74, 6) is -0.397. The Morgan fingerprint density at radius 3 is 2.65 bits per heavy atom. The molecule has 0 spiro atoms. The molecule has 0 atom stereocenters. The fraction of sp³-hybridized carbons (Fsp3) is 0. The summed E-state index contributed by atoms with van der Waals surface area (Å²) in [4.78, 5) is 24.1. The van der Waals surface area contributed by atoms with Gasteiger partial charge >= 0.3 is 0 Å². The lowest BCUT2D eigenvalue weighted by Crippen LogP contribution is -2.18. The van der Waals surface area contributed by atoms with E-state index >= 15 is 0 Å². The van der Waals surface area contributed by atoms with Crippen LogP contribution in [0.1, 0.15) is 15.9 Å².